The number of ether oxygens (including phenoxy) is 1. The molecule has 2 N–H and O–H groups in total. The van der Waals surface area contributed by atoms with Crippen molar-refractivity contribution >= 4 is 17.4 Å². The molecule has 0 saturated heterocycles. The first-order valence-corrected chi connectivity index (χ1v) is 10.8. The minimum absolute atomic E-state index is 0.135. The minimum atomic E-state index is -0.135. The maximum absolute atomic E-state index is 12.0. The molecule has 2 amide bonds. The molecule has 27 heavy (non-hydrogen) atoms. The highest BCUT2D eigenvalue weighted by Crippen LogP contribution is 2.23. The summed E-state index contributed by atoms with van der Waals surface area (Å²) < 4.78 is 6.09. The smallest absolute Gasteiger partial charge is 0.315 e. The van der Waals surface area contributed by atoms with E-state index in [0.717, 1.165) is 47.7 Å². The van der Waals surface area contributed by atoms with Crippen LogP contribution in [0.2, 0.25) is 0 Å². The van der Waals surface area contributed by atoms with Gasteiger partial charge in [-0.25, -0.2) is 9.78 Å². The van der Waals surface area contributed by atoms with E-state index in [0.29, 0.717) is 19.2 Å². The first-order chi connectivity index (χ1) is 13.2. The molecule has 0 radical (unpaired) electrons. The van der Waals surface area contributed by atoms with E-state index < -0.39 is 0 Å². The number of benzene rings is 1. The topological polar surface area (TPSA) is 63.2 Å². The van der Waals surface area contributed by atoms with Gasteiger partial charge in [-0.15, -0.1) is 11.3 Å². The normalized spacial score (nSPS) is 14.7. The van der Waals surface area contributed by atoms with Crippen LogP contribution in [0.5, 0.6) is 5.75 Å². The fourth-order valence-corrected chi connectivity index (χ4v) is 4.13. The Balaban J connectivity index is 1.35. The first-order valence-electron chi connectivity index (χ1n) is 9.87. The van der Waals surface area contributed by atoms with Crippen molar-refractivity contribution in [1.82, 2.24) is 15.6 Å². The van der Waals surface area contributed by atoms with Crippen LogP contribution in [-0.4, -0.2) is 23.7 Å². The molecular formula is C21H29N3O2S. The van der Waals surface area contributed by atoms with Crippen molar-refractivity contribution in [3.63, 3.8) is 0 Å². The van der Waals surface area contributed by atoms with E-state index in [1.807, 2.05) is 31.2 Å². The van der Waals surface area contributed by atoms with Gasteiger partial charge in [0.1, 0.15) is 5.75 Å². The van der Waals surface area contributed by atoms with Crippen LogP contribution in [0.3, 0.4) is 0 Å². The molecule has 0 spiro atoms. The summed E-state index contributed by atoms with van der Waals surface area (Å²) in [7, 11) is 0. The third kappa shape index (κ3) is 6.86. The van der Waals surface area contributed by atoms with Gasteiger partial charge in [-0.05, 0) is 56.7 Å². The van der Waals surface area contributed by atoms with Gasteiger partial charge in [0, 0.05) is 30.6 Å². The minimum Gasteiger partial charge on any atom is -0.490 e. The van der Waals surface area contributed by atoms with E-state index >= 15 is 0 Å². The summed E-state index contributed by atoms with van der Waals surface area (Å²) in [4.78, 5) is 16.4. The number of carbonyl (C=O) groups is 1. The lowest BCUT2D eigenvalue weighted by Crippen LogP contribution is -2.35. The van der Waals surface area contributed by atoms with E-state index in [1.165, 1.54) is 19.3 Å². The zero-order valence-electron chi connectivity index (χ0n) is 16.0. The molecule has 146 valence electrons. The van der Waals surface area contributed by atoms with Gasteiger partial charge in [-0.3, -0.25) is 0 Å². The van der Waals surface area contributed by atoms with Gasteiger partial charge in [-0.2, -0.15) is 0 Å². The molecule has 1 fully saturated rings. The zero-order valence-corrected chi connectivity index (χ0v) is 16.8. The van der Waals surface area contributed by atoms with Crippen LogP contribution >= 0.6 is 11.3 Å². The lowest BCUT2D eigenvalue weighted by Gasteiger charge is -2.23. The predicted octanol–water partition coefficient (Wildman–Crippen LogP) is 4.60. The molecule has 0 unspecified atom stereocenters. The number of urea groups is 1. The predicted molar refractivity (Wildman–Crippen MR) is 109 cm³/mol. The van der Waals surface area contributed by atoms with Crippen molar-refractivity contribution in [1.29, 1.82) is 0 Å². The summed E-state index contributed by atoms with van der Waals surface area (Å²) >= 11 is 1.68. The van der Waals surface area contributed by atoms with Crippen molar-refractivity contribution < 1.29 is 9.53 Å². The monoisotopic (exact) mass is 387 g/mol. The van der Waals surface area contributed by atoms with Crippen LogP contribution in [0.25, 0.3) is 0 Å². The van der Waals surface area contributed by atoms with E-state index in [1.54, 1.807) is 11.3 Å². The molecule has 0 atom stereocenters. The van der Waals surface area contributed by atoms with E-state index in [4.69, 9.17) is 4.74 Å². The number of nitrogens with one attached hydrogen (secondary N) is 2. The van der Waals surface area contributed by atoms with E-state index in [-0.39, 0.29) is 6.03 Å². The van der Waals surface area contributed by atoms with Gasteiger partial charge >= 0.3 is 6.03 Å². The number of rotatable bonds is 8. The molecule has 1 aromatic carbocycles. The van der Waals surface area contributed by atoms with Crippen molar-refractivity contribution in [2.45, 2.75) is 64.5 Å². The second kappa shape index (κ2) is 10.3. The molecule has 2 aromatic rings. The third-order valence-corrected chi connectivity index (χ3v) is 5.75. The maximum Gasteiger partial charge on any atom is 0.315 e. The lowest BCUT2D eigenvalue weighted by molar-refractivity contribution is 0.155. The van der Waals surface area contributed by atoms with Crippen LogP contribution in [0.1, 0.15) is 54.8 Å². The van der Waals surface area contributed by atoms with Crippen LogP contribution in [0.4, 0.5) is 4.79 Å². The summed E-state index contributed by atoms with van der Waals surface area (Å²) in [5, 5.41) is 9.01. The number of hydrogen-bond acceptors (Lipinski definition) is 4. The standard InChI is InChI=1S/C21H29N3O2S/c1-16-15-27-20(24-16)11-6-12-22-21(25)23-14-17-7-5-10-19(13-17)26-18-8-3-2-4-9-18/h5,7,10,13,15,18H,2-4,6,8-9,11-12,14H2,1H3,(H2,22,23,25). The molecule has 1 saturated carbocycles. The Morgan fingerprint density at radius 3 is 2.89 bits per heavy atom. The third-order valence-electron chi connectivity index (χ3n) is 4.73. The number of aryl methyl sites for hydroxylation is 2. The van der Waals surface area contributed by atoms with Gasteiger partial charge in [0.2, 0.25) is 0 Å². The Hall–Kier alpha value is -2.08. The molecule has 3 rings (SSSR count). The average molecular weight is 388 g/mol. The summed E-state index contributed by atoms with van der Waals surface area (Å²) in [6.07, 6.45) is 8.26. The van der Waals surface area contributed by atoms with Crippen molar-refractivity contribution in [2.24, 2.45) is 0 Å². The fourth-order valence-electron chi connectivity index (χ4n) is 3.31. The number of nitrogens with zero attached hydrogens (tertiary/aromatic N) is 1. The van der Waals surface area contributed by atoms with Crippen LogP contribution in [0, 0.1) is 6.92 Å². The summed E-state index contributed by atoms with van der Waals surface area (Å²) in [5.74, 6) is 0.903. The van der Waals surface area contributed by atoms with E-state index in [9.17, 15) is 4.79 Å². The number of hydrogen-bond donors (Lipinski definition) is 2. The lowest BCUT2D eigenvalue weighted by atomic mass is 9.98. The molecule has 1 aliphatic carbocycles. The van der Waals surface area contributed by atoms with Crippen molar-refractivity contribution in [2.75, 3.05) is 6.54 Å². The van der Waals surface area contributed by atoms with Gasteiger partial charge in [-0.1, -0.05) is 18.6 Å². The zero-order chi connectivity index (χ0) is 18.9. The van der Waals surface area contributed by atoms with Gasteiger partial charge in [0.05, 0.1) is 11.1 Å². The van der Waals surface area contributed by atoms with Crippen molar-refractivity contribution in [3.8, 4) is 5.75 Å². The molecule has 1 aromatic heterocycles. The Bertz CT molecular complexity index is 726. The second-order valence-corrected chi connectivity index (χ2v) is 8.06. The summed E-state index contributed by atoms with van der Waals surface area (Å²) in [6.45, 7) is 3.15. The first kappa shape index (κ1) is 19.7. The number of carbonyl (C=O) groups excluding carboxylic acids is 1. The van der Waals surface area contributed by atoms with Gasteiger partial charge < -0.3 is 15.4 Å². The average Bonchev–Trinajstić information content (AvgIpc) is 3.10. The highest BCUT2D eigenvalue weighted by molar-refractivity contribution is 7.09. The molecule has 0 aliphatic heterocycles. The highest BCUT2D eigenvalue weighted by Gasteiger charge is 2.14. The second-order valence-electron chi connectivity index (χ2n) is 7.12. The summed E-state index contributed by atoms with van der Waals surface area (Å²) in [5.41, 5.74) is 2.12. The highest BCUT2D eigenvalue weighted by atomic mass is 32.1. The summed E-state index contributed by atoms with van der Waals surface area (Å²) in [6, 6.07) is 7.89. The number of amides is 2. The fraction of sp³-hybridized carbons (Fsp3) is 0.524. The molecule has 5 nitrogen and oxygen atoms in total. The molecule has 1 heterocycles. The molecular weight excluding hydrogens is 358 g/mol. The molecule has 1 aliphatic rings. The number of aromatic nitrogens is 1. The molecule has 6 heteroatoms. The van der Waals surface area contributed by atoms with Crippen LogP contribution < -0.4 is 15.4 Å². The largest absolute Gasteiger partial charge is 0.490 e. The Morgan fingerprint density at radius 1 is 1.26 bits per heavy atom. The van der Waals surface area contributed by atoms with Gasteiger partial charge in [0.25, 0.3) is 0 Å². The van der Waals surface area contributed by atoms with Crippen LogP contribution in [-0.2, 0) is 13.0 Å². The quantitative estimate of drug-likeness (QED) is 0.651. The Labute approximate surface area is 165 Å². The Morgan fingerprint density at radius 2 is 2.11 bits per heavy atom. The van der Waals surface area contributed by atoms with Gasteiger partial charge in [0.15, 0.2) is 0 Å². The Kier molecular flexibility index (Phi) is 7.51. The van der Waals surface area contributed by atoms with E-state index in [2.05, 4.69) is 21.0 Å². The van der Waals surface area contributed by atoms with Crippen molar-refractivity contribution in [3.05, 3.63) is 45.9 Å². The van der Waals surface area contributed by atoms with Crippen LogP contribution in [0.15, 0.2) is 29.6 Å². The maximum atomic E-state index is 12.0. The SMILES string of the molecule is Cc1csc(CCCNC(=O)NCc2cccc(OC3CCCCC3)c2)n1. The number of thiazole rings is 1. The molecule has 0 bridgehead atoms.